The minimum Gasteiger partial charge on any atom is -0.495 e. The molecule has 2 rings (SSSR count). The smallest absolute Gasteiger partial charge is 0.143 e. The first-order chi connectivity index (χ1) is 10.0. The van der Waals surface area contributed by atoms with Crippen LogP contribution in [-0.4, -0.2) is 14.2 Å². The zero-order valence-electron chi connectivity index (χ0n) is 12.8. The fourth-order valence-corrected chi connectivity index (χ4v) is 2.41. The van der Waals surface area contributed by atoms with Crippen molar-refractivity contribution in [2.75, 3.05) is 19.5 Å². The lowest BCUT2D eigenvalue weighted by Crippen LogP contribution is -2.04. The molecule has 1 N–H and O–H groups in total. The number of ether oxygens (including phenoxy) is 2. The van der Waals surface area contributed by atoms with Crippen molar-refractivity contribution in [3.05, 3.63) is 52.0 Å². The number of rotatable bonds is 5. The first kappa shape index (κ1) is 15.5. The average molecular weight is 306 g/mol. The SMILES string of the molecule is COc1cc(NCc2cc(C)ccc2C)c(OC)cc1Cl. The summed E-state index contributed by atoms with van der Waals surface area (Å²) in [4.78, 5) is 0. The molecular formula is C17H20ClNO2. The van der Waals surface area contributed by atoms with Crippen LogP contribution in [0.1, 0.15) is 16.7 Å². The van der Waals surface area contributed by atoms with Crippen LogP contribution in [0.2, 0.25) is 5.02 Å². The van der Waals surface area contributed by atoms with Gasteiger partial charge in [-0.05, 0) is 25.0 Å². The summed E-state index contributed by atoms with van der Waals surface area (Å²) in [5.74, 6) is 1.33. The first-order valence-corrected chi connectivity index (χ1v) is 7.14. The topological polar surface area (TPSA) is 30.5 Å². The number of hydrogen-bond acceptors (Lipinski definition) is 3. The Hall–Kier alpha value is -1.87. The van der Waals surface area contributed by atoms with Gasteiger partial charge in [0, 0.05) is 18.7 Å². The van der Waals surface area contributed by atoms with Crippen LogP contribution in [0.25, 0.3) is 0 Å². The normalized spacial score (nSPS) is 10.3. The van der Waals surface area contributed by atoms with Gasteiger partial charge in [-0.3, -0.25) is 0 Å². The van der Waals surface area contributed by atoms with Gasteiger partial charge in [-0.2, -0.15) is 0 Å². The third-order valence-electron chi connectivity index (χ3n) is 3.45. The van der Waals surface area contributed by atoms with E-state index in [9.17, 15) is 0 Å². The zero-order chi connectivity index (χ0) is 15.4. The monoisotopic (exact) mass is 305 g/mol. The molecule has 0 spiro atoms. The number of nitrogens with one attached hydrogen (secondary N) is 1. The maximum Gasteiger partial charge on any atom is 0.143 e. The number of halogens is 1. The second-order valence-electron chi connectivity index (χ2n) is 4.97. The van der Waals surface area contributed by atoms with E-state index >= 15 is 0 Å². The zero-order valence-corrected chi connectivity index (χ0v) is 13.5. The summed E-state index contributed by atoms with van der Waals surface area (Å²) >= 11 is 6.11. The maximum absolute atomic E-state index is 6.11. The molecule has 0 bridgehead atoms. The van der Waals surface area contributed by atoms with Crippen molar-refractivity contribution >= 4 is 17.3 Å². The van der Waals surface area contributed by atoms with Gasteiger partial charge in [0.05, 0.1) is 24.9 Å². The van der Waals surface area contributed by atoms with Gasteiger partial charge in [0.1, 0.15) is 11.5 Å². The lowest BCUT2D eigenvalue weighted by Gasteiger charge is -2.15. The summed E-state index contributed by atoms with van der Waals surface area (Å²) in [6.07, 6.45) is 0. The van der Waals surface area contributed by atoms with Crippen LogP contribution in [0.5, 0.6) is 11.5 Å². The van der Waals surface area contributed by atoms with Gasteiger partial charge in [0.25, 0.3) is 0 Å². The minimum atomic E-state index is 0.534. The molecule has 112 valence electrons. The molecule has 0 aliphatic rings. The fraction of sp³-hybridized carbons (Fsp3) is 0.294. The molecule has 0 radical (unpaired) electrons. The lowest BCUT2D eigenvalue weighted by molar-refractivity contribution is 0.404. The van der Waals surface area contributed by atoms with Crippen molar-refractivity contribution in [2.24, 2.45) is 0 Å². The molecule has 0 saturated carbocycles. The van der Waals surface area contributed by atoms with Crippen molar-refractivity contribution in [1.29, 1.82) is 0 Å². The van der Waals surface area contributed by atoms with Gasteiger partial charge in [-0.15, -0.1) is 0 Å². The molecule has 0 aliphatic carbocycles. The van der Waals surface area contributed by atoms with Gasteiger partial charge in [-0.1, -0.05) is 35.4 Å². The second kappa shape index (κ2) is 6.72. The Kier molecular flexibility index (Phi) is 4.97. The molecule has 0 amide bonds. The number of aryl methyl sites for hydroxylation is 2. The van der Waals surface area contributed by atoms with E-state index in [-0.39, 0.29) is 0 Å². The highest BCUT2D eigenvalue weighted by Crippen LogP contribution is 2.36. The molecule has 21 heavy (non-hydrogen) atoms. The van der Waals surface area contributed by atoms with Crippen LogP contribution >= 0.6 is 11.6 Å². The molecule has 0 atom stereocenters. The molecule has 2 aromatic carbocycles. The van der Waals surface area contributed by atoms with Gasteiger partial charge < -0.3 is 14.8 Å². The third kappa shape index (κ3) is 3.61. The van der Waals surface area contributed by atoms with E-state index in [1.54, 1.807) is 20.3 Å². The minimum absolute atomic E-state index is 0.534. The number of methoxy groups -OCH3 is 2. The van der Waals surface area contributed by atoms with Crippen molar-refractivity contribution < 1.29 is 9.47 Å². The van der Waals surface area contributed by atoms with E-state index in [1.165, 1.54) is 16.7 Å². The molecule has 0 saturated heterocycles. The molecule has 2 aromatic rings. The molecule has 0 unspecified atom stereocenters. The largest absolute Gasteiger partial charge is 0.495 e. The Morgan fingerprint density at radius 3 is 2.38 bits per heavy atom. The Balaban J connectivity index is 2.24. The molecule has 0 heterocycles. The van der Waals surface area contributed by atoms with Crippen molar-refractivity contribution in [1.82, 2.24) is 0 Å². The highest BCUT2D eigenvalue weighted by molar-refractivity contribution is 6.32. The van der Waals surface area contributed by atoms with E-state index in [2.05, 4.69) is 37.4 Å². The van der Waals surface area contributed by atoms with Crippen LogP contribution in [0.15, 0.2) is 30.3 Å². The van der Waals surface area contributed by atoms with Crippen LogP contribution in [0, 0.1) is 13.8 Å². The highest BCUT2D eigenvalue weighted by Gasteiger charge is 2.10. The van der Waals surface area contributed by atoms with E-state index in [0.717, 1.165) is 5.69 Å². The summed E-state index contributed by atoms with van der Waals surface area (Å²) in [5.41, 5.74) is 4.62. The fourth-order valence-electron chi connectivity index (χ4n) is 2.18. The summed E-state index contributed by atoms with van der Waals surface area (Å²) in [6.45, 7) is 4.92. The van der Waals surface area contributed by atoms with Gasteiger partial charge in [0.2, 0.25) is 0 Å². The molecular weight excluding hydrogens is 286 g/mol. The van der Waals surface area contributed by atoms with Crippen LogP contribution in [-0.2, 0) is 6.54 Å². The average Bonchev–Trinajstić information content (AvgIpc) is 2.48. The van der Waals surface area contributed by atoms with Crippen LogP contribution in [0.4, 0.5) is 5.69 Å². The molecule has 4 heteroatoms. The summed E-state index contributed by atoms with van der Waals surface area (Å²) < 4.78 is 10.6. The maximum atomic E-state index is 6.11. The van der Waals surface area contributed by atoms with Crippen LogP contribution in [0.3, 0.4) is 0 Å². The molecule has 0 aromatic heterocycles. The van der Waals surface area contributed by atoms with Crippen molar-refractivity contribution in [3.8, 4) is 11.5 Å². The first-order valence-electron chi connectivity index (χ1n) is 6.76. The van der Waals surface area contributed by atoms with Gasteiger partial charge >= 0.3 is 0 Å². The van der Waals surface area contributed by atoms with Crippen molar-refractivity contribution in [3.63, 3.8) is 0 Å². The molecule has 3 nitrogen and oxygen atoms in total. The number of benzene rings is 2. The molecule has 0 fully saturated rings. The van der Waals surface area contributed by atoms with Gasteiger partial charge in [0.15, 0.2) is 0 Å². The van der Waals surface area contributed by atoms with Crippen molar-refractivity contribution in [2.45, 2.75) is 20.4 Å². The summed E-state index contributed by atoms with van der Waals surface area (Å²) in [6, 6.07) is 10.0. The van der Waals surface area contributed by atoms with E-state index in [4.69, 9.17) is 21.1 Å². The lowest BCUT2D eigenvalue weighted by atomic mass is 10.1. The quantitative estimate of drug-likeness (QED) is 0.876. The Bertz CT molecular complexity index is 641. The Morgan fingerprint density at radius 2 is 1.71 bits per heavy atom. The number of anilines is 1. The predicted molar refractivity (Wildman–Crippen MR) is 87.8 cm³/mol. The summed E-state index contributed by atoms with van der Waals surface area (Å²) in [5, 5.41) is 3.92. The van der Waals surface area contributed by atoms with E-state index in [0.29, 0.717) is 23.1 Å². The third-order valence-corrected chi connectivity index (χ3v) is 3.74. The Morgan fingerprint density at radius 1 is 1.00 bits per heavy atom. The van der Waals surface area contributed by atoms with E-state index < -0.39 is 0 Å². The predicted octanol–water partition coefficient (Wildman–Crippen LogP) is 4.59. The molecule has 0 aliphatic heterocycles. The van der Waals surface area contributed by atoms with Crippen LogP contribution < -0.4 is 14.8 Å². The second-order valence-corrected chi connectivity index (χ2v) is 5.38. The Labute approximate surface area is 130 Å². The highest BCUT2D eigenvalue weighted by atomic mass is 35.5. The standard InChI is InChI=1S/C17H20ClNO2/c1-11-5-6-12(2)13(7-11)10-19-15-9-16(20-3)14(18)8-17(15)21-4/h5-9,19H,10H2,1-4H3. The van der Waals surface area contributed by atoms with Gasteiger partial charge in [-0.25, -0.2) is 0 Å². The summed E-state index contributed by atoms with van der Waals surface area (Å²) in [7, 11) is 3.23. The number of hydrogen-bond donors (Lipinski definition) is 1. The van der Waals surface area contributed by atoms with E-state index in [1.807, 2.05) is 6.07 Å².